The first-order chi connectivity index (χ1) is 13.7. The van der Waals surface area contributed by atoms with E-state index in [1.165, 1.54) is 44.2 Å². The van der Waals surface area contributed by atoms with Crippen LogP contribution in [0.3, 0.4) is 0 Å². The van der Waals surface area contributed by atoms with Crippen molar-refractivity contribution in [2.75, 3.05) is 28.6 Å². The lowest BCUT2D eigenvalue weighted by molar-refractivity contribution is 0.102. The van der Waals surface area contributed by atoms with Crippen LogP contribution in [0.25, 0.3) is 0 Å². The van der Waals surface area contributed by atoms with Crippen LogP contribution in [0.4, 0.5) is 17.2 Å². The molecule has 0 atom stereocenters. The van der Waals surface area contributed by atoms with Gasteiger partial charge in [-0.3, -0.25) is 4.79 Å². The third kappa shape index (κ3) is 5.47. The van der Waals surface area contributed by atoms with Gasteiger partial charge in [0.25, 0.3) is 5.91 Å². The third-order valence-corrected chi connectivity index (χ3v) is 5.48. The summed E-state index contributed by atoms with van der Waals surface area (Å²) in [7, 11) is 0. The second kappa shape index (κ2) is 10.1. The monoisotopic (exact) mass is 380 g/mol. The molecule has 1 aromatic carbocycles. The first-order valence-electron chi connectivity index (χ1n) is 10.6. The van der Waals surface area contributed by atoms with Crippen LogP contribution >= 0.6 is 0 Å². The average molecular weight is 381 g/mol. The Morgan fingerprint density at radius 1 is 1.04 bits per heavy atom. The number of pyridine rings is 1. The number of hydrogen-bond donors (Lipinski definition) is 2. The maximum Gasteiger partial charge on any atom is 0.255 e. The van der Waals surface area contributed by atoms with Crippen molar-refractivity contribution in [2.24, 2.45) is 0 Å². The number of amides is 1. The summed E-state index contributed by atoms with van der Waals surface area (Å²) in [5, 5.41) is 6.50. The highest BCUT2D eigenvalue weighted by atomic mass is 16.1. The van der Waals surface area contributed by atoms with Crippen molar-refractivity contribution in [2.45, 2.75) is 58.4 Å². The summed E-state index contributed by atoms with van der Waals surface area (Å²) in [6, 6.07) is 12.1. The summed E-state index contributed by atoms with van der Waals surface area (Å²) in [5.41, 5.74) is 2.59. The number of anilines is 3. The minimum absolute atomic E-state index is 0.109. The normalized spacial score (nSPS) is 14.9. The molecule has 5 nitrogen and oxygen atoms in total. The van der Waals surface area contributed by atoms with Gasteiger partial charge in [-0.15, -0.1) is 0 Å². The molecule has 0 bridgehead atoms. The van der Waals surface area contributed by atoms with Crippen LogP contribution in [0.1, 0.15) is 62.7 Å². The predicted molar refractivity (Wildman–Crippen MR) is 117 cm³/mol. The summed E-state index contributed by atoms with van der Waals surface area (Å²) in [6.45, 7) is 6.22. The number of carbonyl (C=O) groups excluding carboxylic acids is 1. The van der Waals surface area contributed by atoms with Gasteiger partial charge < -0.3 is 15.5 Å². The van der Waals surface area contributed by atoms with E-state index in [1.807, 2.05) is 30.3 Å². The van der Waals surface area contributed by atoms with Crippen LogP contribution in [-0.2, 0) is 0 Å². The Balaban J connectivity index is 1.62. The third-order valence-electron chi connectivity index (χ3n) is 5.48. The van der Waals surface area contributed by atoms with Crippen molar-refractivity contribution in [1.29, 1.82) is 0 Å². The molecule has 1 aliphatic rings. The highest BCUT2D eigenvalue weighted by Crippen LogP contribution is 2.21. The van der Waals surface area contributed by atoms with E-state index in [2.05, 4.69) is 34.4 Å². The van der Waals surface area contributed by atoms with Gasteiger partial charge in [-0.05, 0) is 63.1 Å². The number of benzene rings is 1. The molecule has 5 heteroatoms. The molecule has 1 saturated carbocycles. The van der Waals surface area contributed by atoms with Crippen LogP contribution in [0.2, 0.25) is 0 Å². The van der Waals surface area contributed by atoms with Crippen molar-refractivity contribution in [1.82, 2.24) is 4.98 Å². The minimum atomic E-state index is -0.109. The Morgan fingerprint density at radius 2 is 1.71 bits per heavy atom. The molecule has 0 aliphatic heterocycles. The van der Waals surface area contributed by atoms with Gasteiger partial charge in [0.15, 0.2) is 0 Å². The molecular weight excluding hydrogens is 348 g/mol. The highest BCUT2D eigenvalue weighted by molar-refractivity contribution is 6.04. The molecule has 2 N–H and O–H groups in total. The fourth-order valence-corrected chi connectivity index (χ4v) is 3.83. The van der Waals surface area contributed by atoms with Crippen LogP contribution in [-0.4, -0.2) is 30.0 Å². The number of carbonyl (C=O) groups is 1. The molecule has 2 aromatic rings. The first kappa shape index (κ1) is 20.2. The van der Waals surface area contributed by atoms with E-state index in [0.29, 0.717) is 11.6 Å². The smallest absolute Gasteiger partial charge is 0.255 e. The largest absolute Gasteiger partial charge is 0.372 e. The molecule has 1 fully saturated rings. The Bertz CT molecular complexity index is 747. The molecule has 150 valence electrons. The first-order valence-corrected chi connectivity index (χ1v) is 10.6. The van der Waals surface area contributed by atoms with E-state index >= 15 is 0 Å². The summed E-state index contributed by atoms with van der Waals surface area (Å²) in [4.78, 5) is 19.4. The van der Waals surface area contributed by atoms with Crippen LogP contribution in [0, 0.1) is 0 Å². The Kier molecular flexibility index (Phi) is 7.29. The van der Waals surface area contributed by atoms with Gasteiger partial charge in [0, 0.05) is 42.3 Å². The minimum Gasteiger partial charge on any atom is -0.372 e. The zero-order chi connectivity index (χ0) is 19.8. The summed E-state index contributed by atoms with van der Waals surface area (Å²) in [5.74, 6) is 0.679. The zero-order valence-electron chi connectivity index (χ0n) is 17.1. The molecule has 0 saturated heterocycles. The fraction of sp³-hybridized carbons (Fsp3) is 0.478. The topological polar surface area (TPSA) is 57.3 Å². The van der Waals surface area contributed by atoms with Gasteiger partial charge in [0.1, 0.15) is 5.82 Å². The Hall–Kier alpha value is -2.56. The second-order valence-electron chi connectivity index (χ2n) is 7.44. The molecule has 3 rings (SSSR count). The van der Waals surface area contributed by atoms with Crippen LogP contribution in [0.15, 0.2) is 42.6 Å². The van der Waals surface area contributed by atoms with E-state index in [-0.39, 0.29) is 5.91 Å². The number of nitrogens with one attached hydrogen (secondary N) is 2. The number of nitrogens with zero attached hydrogens (tertiary/aromatic N) is 2. The van der Waals surface area contributed by atoms with Crippen molar-refractivity contribution >= 4 is 23.1 Å². The lowest BCUT2D eigenvalue weighted by Crippen LogP contribution is -2.21. The van der Waals surface area contributed by atoms with Crippen LogP contribution < -0.4 is 15.5 Å². The molecule has 1 amide bonds. The molecule has 1 aliphatic carbocycles. The predicted octanol–water partition coefficient (Wildman–Crippen LogP) is 5.31. The summed E-state index contributed by atoms with van der Waals surface area (Å²) >= 11 is 0. The molecule has 0 unspecified atom stereocenters. The van der Waals surface area contributed by atoms with Gasteiger partial charge in [0.2, 0.25) is 0 Å². The van der Waals surface area contributed by atoms with Gasteiger partial charge in [-0.2, -0.15) is 0 Å². The highest BCUT2D eigenvalue weighted by Gasteiger charge is 2.14. The average Bonchev–Trinajstić information content (AvgIpc) is 2.99. The van der Waals surface area contributed by atoms with E-state index in [4.69, 9.17) is 0 Å². The quantitative estimate of drug-likeness (QED) is 0.639. The number of aromatic nitrogens is 1. The molecule has 0 spiro atoms. The van der Waals surface area contributed by atoms with Gasteiger partial charge in [-0.1, -0.05) is 25.7 Å². The van der Waals surface area contributed by atoms with Crippen molar-refractivity contribution < 1.29 is 4.79 Å². The van der Waals surface area contributed by atoms with E-state index in [0.717, 1.165) is 24.6 Å². The van der Waals surface area contributed by atoms with Gasteiger partial charge in [-0.25, -0.2) is 4.98 Å². The summed E-state index contributed by atoms with van der Waals surface area (Å²) in [6.07, 6.45) is 9.23. The zero-order valence-corrected chi connectivity index (χ0v) is 17.1. The Morgan fingerprint density at radius 3 is 2.36 bits per heavy atom. The summed E-state index contributed by atoms with van der Waals surface area (Å²) < 4.78 is 0. The maximum atomic E-state index is 12.7. The number of hydrogen-bond acceptors (Lipinski definition) is 4. The second-order valence-corrected chi connectivity index (χ2v) is 7.44. The number of rotatable bonds is 7. The maximum absolute atomic E-state index is 12.7. The standard InChI is InChI=1S/C23H32N4O/c1-3-27(4-2)21-13-11-20(12-14-21)26-23(28)18-15-16-24-22(17-18)25-19-9-7-5-6-8-10-19/h11-17,19H,3-10H2,1-2H3,(H,24,25)(H,26,28). The van der Waals surface area contributed by atoms with E-state index in [9.17, 15) is 4.79 Å². The van der Waals surface area contributed by atoms with Crippen molar-refractivity contribution in [3.8, 4) is 0 Å². The molecule has 28 heavy (non-hydrogen) atoms. The SMILES string of the molecule is CCN(CC)c1ccc(NC(=O)c2ccnc(NC3CCCCCC3)c2)cc1. The lowest BCUT2D eigenvalue weighted by atomic mass is 10.1. The van der Waals surface area contributed by atoms with Crippen LogP contribution in [0.5, 0.6) is 0 Å². The molecule has 1 heterocycles. The van der Waals surface area contributed by atoms with Gasteiger partial charge >= 0.3 is 0 Å². The van der Waals surface area contributed by atoms with Crippen molar-refractivity contribution in [3.05, 3.63) is 48.2 Å². The van der Waals surface area contributed by atoms with Gasteiger partial charge in [0.05, 0.1) is 0 Å². The molecule has 1 aromatic heterocycles. The molecule has 0 radical (unpaired) electrons. The fourth-order valence-electron chi connectivity index (χ4n) is 3.83. The lowest BCUT2D eigenvalue weighted by Gasteiger charge is -2.21. The molecular formula is C23H32N4O. The van der Waals surface area contributed by atoms with Crippen molar-refractivity contribution in [3.63, 3.8) is 0 Å². The Labute approximate surface area is 168 Å². The van der Waals surface area contributed by atoms with E-state index in [1.54, 1.807) is 12.3 Å². The van der Waals surface area contributed by atoms with E-state index < -0.39 is 0 Å².